The molecule has 140 valence electrons. The second-order valence-electron chi connectivity index (χ2n) is 5.65. The van der Waals surface area contributed by atoms with Crippen LogP contribution >= 0.6 is 11.6 Å². The maximum absolute atomic E-state index is 6.17. The van der Waals surface area contributed by atoms with Crippen LogP contribution < -0.4 is 20.1 Å². The van der Waals surface area contributed by atoms with Gasteiger partial charge >= 0.3 is 0 Å². The van der Waals surface area contributed by atoms with E-state index in [2.05, 4.69) is 25.8 Å². The van der Waals surface area contributed by atoms with Crippen LogP contribution in [0.15, 0.2) is 48.7 Å². The van der Waals surface area contributed by atoms with E-state index >= 15 is 0 Å². The summed E-state index contributed by atoms with van der Waals surface area (Å²) in [6.45, 7) is 1.07. The predicted octanol–water partition coefficient (Wildman–Crippen LogP) is 3.77. The summed E-state index contributed by atoms with van der Waals surface area (Å²) < 4.78 is 10.6. The van der Waals surface area contributed by atoms with Gasteiger partial charge in [-0.15, -0.1) is 5.10 Å². The third kappa shape index (κ3) is 4.98. The summed E-state index contributed by atoms with van der Waals surface area (Å²) >= 11 is 6.17. The number of rotatable bonds is 8. The van der Waals surface area contributed by atoms with Crippen molar-refractivity contribution in [3.8, 4) is 11.5 Å². The molecular formula is C19H20ClN5O2. The Morgan fingerprint density at radius 2 is 1.78 bits per heavy atom. The van der Waals surface area contributed by atoms with Gasteiger partial charge in [0.2, 0.25) is 5.95 Å². The Labute approximate surface area is 162 Å². The molecule has 8 heteroatoms. The van der Waals surface area contributed by atoms with E-state index in [1.54, 1.807) is 20.4 Å². The fourth-order valence-corrected chi connectivity index (χ4v) is 2.67. The molecule has 0 unspecified atom stereocenters. The van der Waals surface area contributed by atoms with Gasteiger partial charge in [-0.05, 0) is 29.3 Å². The Hall–Kier alpha value is -3.06. The van der Waals surface area contributed by atoms with Gasteiger partial charge in [0.1, 0.15) is 0 Å². The number of anilines is 2. The number of hydrogen-bond donors (Lipinski definition) is 2. The molecule has 0 bridgehead atoms. The minimum absolute atomic E-state index is 0.425. The van der Waals surface area contributed by atoms with Crippen molar-refractivity contribution in [1.29, 1.82) is 0 Å². The van der Waals surface area contributed by atoms with Gasteiger partial charge in [0.05, 0.1) is 20.4 Å². The van der Waals surface area contributed by atoms with Crippen LogP contribution in [0.3, 0.4) is 0 Å². The summed E-state index contributed by atoms with van der Waals surface area (Å²) in [5.41, 5.74) is 1.99. The lowest BCUT2D eigenvalue weighted by Crippen LogP contribution is -2.08. The van der Waals surface area contributed by atoms with Gasteiger partial charge < -0.3 is 20.1 Å². The number of benzene rings is 2. The van der Waals surface area contributed by atoms with E-state index in [9.17, 15) is 0 Å². The van der Waals surface area contributed by atoms with Crippen LogP contribution in [0.5, 0.6) is 11.5 Å². The number of nitrogens with one attached hydrogen (secondary N) is 2. The fraction of sp³-hybridized carbons (Fsp3) is 0.211. The normalized spacial score (nSPS) is 10.3. The maximum Gasteiger partial charge on any atom is 0.244 e. The molecule has 27 heavy (non-hydrogen) atoms. The quantitative estimate of drug-likeness (QED) is 0.610. The number of ether oxygens (including phenoxy) is 2. The topological polar surface area (TPSA) is 81.2 Å². The van der Waals surface area contributed by atoms with Crippen molar-refractivity contribution in [3.05, 3.63) is 64.8 Å². The largest absolute Gasteiger partial charge is 0.493 e. The van der Waals surface area contributed by atoms with E-state index in [1.165, 1.54) is 0 Å². The Bertz CT molecular complexity index is 907. The average Bonchev–Trinajstić information content (AvgIpc) is 2.71. The molecule has 0 amide bonds. The van der Waals surface area contributed by atoms with Gasteiger partial charge in [0.25, 0.3) is 0 Å². The monoisotopic (exact) mass is 385 g/mol. The first kappa shape index (κ1) is 18.7. The molecule has 0 radical (unpaired) electrons. The van der Waals surface area contributed by atoms with E-state index < -0.39 is 0 Å². The molecule has 1 heterocycles. The summed E-state index contributed by atoms with van der Waals surface area (Å²) in [6, 6.07) is 13.4. The standard InChI is InChI=1S/C19H20ClN5O2/c1-26-16-8-7-13(9-17(16)27-2)10-22-19-24-18(12-23-25-19)21-11-14-5-3-4-6-15(14)20/h3-9,12H,10-11H2,1-2H3,(H2,21,22,24,25). The summed E-state index contributed by atoms with van der Waals surface area (Å²) in [5, 5.41) is 15.0. The molecule has 0 saturated heterocycles. The second kappa shape index (κ2) is 9.05. The van der Waals surface area contributed by atoms with Crippen molar-refractivity contribution in [1.82, 2.24) is 15.2 Å². The van der Waals surface area contributed by atoms with Gasteiger partial charge in [-0.2, -0.15) is 10.1 Å². The molecule has 2 aromatic carbocycles. The summed E-state index contributed by atoms with van der Waals surface area (Å²) in [7, 11) is 3.21. The van der Waals surface area contributed by atoms with Crippen LogP contribution in [0, 0.1) is 0 Å². The molecule has 0 fully saturated rings. The van der Waals surface area contributed by atoms with Gasteiger partial charge in [0, 0.05) is 18.1 Å². The van der Waals surface area contributed by atoms with Gasteiger partial charge in [-0.1, -0.05) is 35.9 Å². The van der Waals surface area contributed by atoms with Crippen LogP contribution in [0.2, 0.25) is 5.02 Å². The van der Waals surface area contributed by atoms with Crippen molar-refractivity contribution in [3.63, 3.8) is 0 Å². The Morgan fingerprint density at radius 3 is 2.56 bits per heavy atom. The lowest BCUT2D eigenvalue weighted by molar-refractivity contribution is 0.354. The Balaban J connectivity index is 1.61. The SMILES string of the molecule is COc1ccc(CNc2nncc(NCc3ccccc3Cl)n2)cc1OC. The third-order valence-corrected chi connectivity index (χ3v) is 4.24. The highest BCUT2D eigenvalue weighted by Gasteiger charge is 2.06. The van der Waals surface area contributed by atoms with Gasteiger partial charge in [-0.25, -0.2) is 0 Å². The number of methoxy groups -OCH3 is 2. The second-order valence-corrected chi connectivity index (χ2v) is 6.06. The third-order valence-electron chi connectivity index (χ3n) is 3.88. The molecule has 0 spiro atoms. The molecule has 0 aliphatic rings. The first-order valence-electron chi connectivity index (χ1n) is 8.31. The molecule has 3 rings (SSSR count). The van der Waals surface area contributed by atoms with Crippen LogP contribution in [0.1, 0.15) is 11.1 Å². The molecule has 0 aliphatic heterocycles. The summed E-state index contributed by atoms with van der Waals surface area (Å²) in [4.78, 5) is 4.41. The highest BCUT2D eigenvalue weighted by molar-refractivity contribution is 6.31. The van der Waals surface area contributed by atoms with Crippen LogP contribution in [0.4, 0.5) is 11.8 Å². The zero-order chi connectivity index (χ0) is 19.1. The average molecular weight is 386 g/mol. The minimum Gasteiger partial charge on any atom is -0.493 e. The van der Waals surface area contributed by atoms with E-state index in [4.69, 9.17) is 21.1 Å². The zero-order valence-electron chi connectivity index (χ0n) is 15.1. The van der Waals surface area contributed by atoms with E-state index in [0.717, 1.165) is 11.1 Å². The first-order chi connectivity index (χ1) is 13.2. The van der Waals surface area contributed by atoms with Crippen molar-refractivity contribution in [2.45, 2.75) is 13.1 Å². The molecule has 0 atom stereocenters. The van der Waals surface area contributed by atoms with Crippen LogP contribution in [0.25, 0.3) is 0 Å². The fourth-order valence-electron chi connectivity index (χ4n) is 2.46. The predicted molar refractivity (Wildman–Crippen MR) is 105 cm³/mol. The highest BCUT2D eigenvalue weighted by Crippen LogP contribution is 2.27. The van der Waals surface area contributed by atoms with Crippen LogP contribution in [-0.2, 0) is 13.1 Å². The molecule has 2 N–H and O–H groups in total. The summed E-state index contributed by atoms with van der Waals surface area (Å²) in [5.74, 6) is 2.39. The lowest BCUT2D eigenvalue weighted by Gasteiger charge is -2.11. The smallest absolute Gasteiger partial charge is 0.244 e. The Morgan fingerprint density at radius 1 is 0.963 bits per heavy atom. The Kier molecular flexibility index (Phi) is 6.27. The van der Waals surface area contributed by atoms with Crippen molar-refractivity contribution in [2.75, 3.05) is 24.9 Å². The van der Waals surface area contributed by atoms with Crippen molar-refractivity contribution in [2.24, 2.45) is 0 Å². The zero-order valence-corrected chi connectivity index (χ0v) is 15.8. The highest BCUT2D eigenvalue weighted by atomic mass is 35.5. The molecule has 3 aromatic rings. The first-order valence-corrected chi connectivity index (χ1v) is 8.69. The maximum atomic E-state index is 6.17. The molecule has 1 aromatic heterocycles. The van der Waals surface area contributed by atoms with E-state index in [1.807, 2.05) is 42.5 Å². The number of halogens is 1. The molecule has 0 aliphatic carbocycles. The van der Waals surface area contributed by atoms with Crippen molar-refractivity contribution < 1.29 is 9.47 Å². The molecular weight excluding hydrogens is 366 g/mol. The number of hydrogen-bond acceptors (Lipinski definition) is 7. The van der Waals surface area contributed by atoms with E-state index in [-0.39, 0.29) is 0 Å². The van der Waals surface area contributed by atoms with E-state index in [0.29, 0.717) is 41.4 Å². The lowest BCUT2D eigenvalue weighted by atomic mass is 10.2. The molecule has 0 saturated carbocycles. The van der Waals surface area contributed by atoms with Crippen molar-refractivity contribution >= 4 is 23.4 Å². The van der Waals surface area contributed by atoms with Gasteiger partial charge in [0.15, 0.2) is 17.3 Å². The minimum atomic E-state index is 0.425. The summed E-state index contributed by atoms with van der Waals surface area (Å²) in [6.07, 6.45) is 1.57. The number of nitrogens with zero attached hydrogens (tertiary/aromatic N) is 3. The van der Waals surface area contributed by atoms with Gasteiger partial charge in [-0.3, -0.25) is 0 Å². The molecule has 7 nitrogen and oxygen atoms in total. The number of aromatic nitrogens is 3. The van der Waals surface area contributed by atoms with Crippen LogP contribution in [-0.4, -0.2) is 29.4 Å².